The molecule has 0 spiro atoms. The Bertz CT molecular complexity index is 558. The zero-order valence-corrected chi connectivity index (χ0v) is 12.1. The number of nitrogens with zero attached hydrogens (tertiary/aromatic N) is 1. The van der Waals surface area contributed by atoms with Crippen LogP contribution in [0.5, 0.6) is 0 Å². The molecule has 0 bridgehead atoms. The van der Waals surface area contributed by atoms with E-state index in [0.717, 1.165) is 25.1 Å². The van der Waals surface area contributed by atoms with Gasteiger partial charge in [-0.2, -0.15) is 0 Å². The van der Waals surface area contributed by atoms with E-state index in [-0.39, 0.29) is 0 Å². The summed E-state index contributed by atoms with van der Waals surface area (Å²) in [4.78, 5) is 4.37. The molecule has 2 aromatic carbocycles. The second-order valence-electron chi connectivity index (χ2n) is 4.50. The summed E-state index contributed by atoms with van der Waals surface area (Å²) < 4.78 is 0. The van der Waals surface area contributed by atoms with Gasteiger partial charge in [-0.1, -0.05) is 67.6 Å². The summed E-state index contributed by atoms with van der Waals surface area (Å²) in [6.45, 7) is 3.00. The molecule has 3 heteroatoms. The van der Waals surface area contributed by atoms with Gasteiger partial charge in [-0.3, -0.25) is 4.99 Å². The van der Waals surface area contributed by atoms with Crippen LogP contribution < -0.4 is 5.73 Å². The fourth-order valence-corrected chi connectivity index (χ4v) is 2.70. The Hall–Kier alpha value is -1.48. The lowest BCUT2D eigenvalue weighted by Gasteiger charge is -2.06. The maximum atomic E-state index is 5.92. The molecule has 19 heavy (non-hydrogen) atoms. The molecule has 2 rings (SSSR count). The third kappa shape index (κ3) is 4.00. The Morgan fingerprint density at radius 1 is 1.16 bits per heavy atom. The molecule has 0 aliphatic rings. The zero-order chi connectivity index (χ0) is 13.5. The molecular weight excluding hydrogens is 252 g/mol. The first kappa shape index (κ1) is 13.9. The highest BCUT2D eigenvalue weighted by Gasteiger charge is 2.01. The maximum Gasteiger partial charge on any atom is 0.154 e. The van der Waals surface area contributed by atoms with Crippen molar-refractivity contribution in [2.45, 2.75) is 25.5 Å². The van der Waals surface area contributed by atoms with Gasteiger partial charge in [0.2, 0.25) is 0 Å². The van der Waals surface area contributed by atoms with Crippen molar-refractivity contribution in [3.8, 4) is 0 Å². The molecule has 2 N–H and O–H groups in total. The molecule has 0 aromatic heterocycles. The minimum Gasteiger partial charge on any atom is -0.379 e. The minimum atomic E-state index is 0.696. The number of fused-ring (bicyclic) bond motifs is 1. The number of amidine groups is 1. The number of nitrogens with two attached hydrogens (primary N) is 1. The molecule has 0 radical (unpaired) electrons. The van der Waals surface area contributed by atoms with Crippen molar-refractivity contribution < 1.29 is 0 Å². The molecule has 0 aliphatic carbocycles. The van der Waals surface area contributed by atoms with E-state index in [1.165, 1.54) is 16.3 Å². The lowest BCUT2D eigenvalue weighted by Crippen LogP contribution is -2.07. The largest absolute Gasteiger partial charge is 0.379 e. The Labute approximate surface area is 119 Å². The van der Waals surface area contributed by atoms with Gasteiger partial charge in [0.25, 0.3) is 0 Å². The molecule has 100 valence electrons. The number of aliphatic imine (C=N–C) groups is 1. The van der Waals surface area contributed by atoms with E-state index in [1.54, 1.807) is 11.8 Å². The van der Waals surface area contributed by atoms with Gasteiger partial charge in [0.05, 0.1) is 0 Å². The lowest BCUT2D eigenvalue weighted by molar-refractivity contribution is 0.809. The molecule has 0 atom stereocenters. The van der Waals surface area contributed by atoms with E-state index < -0.39 is 0 Å². The van der Waals surface area contributed by atoms with Gasteiger partial charge >= 0.3 is 0 Å². The summed E-state index contributed by atoms with van der Waals surface area (Å²) in [6.07, 6.45) is 2.26. The second kappa shape index (κ2) is 7.19. The molecule has 2 nitrogen and oxygen atoms in total. The highest BCUT2D eigenvalue weighted by molar-refractivity contribution is 8.13. The van der Waals surface area contributed by atoms with Gasteiger partial charge in [-0.15, -0.1) is 0 Å². The molecule has 0 aliphatic heterocycles. The van der Waals surface area contributed by atoms with Crippen molar-refractivity contribution in [1.29, 1.82) is 0 Å². The highest BCUT2D eigenvalue weighted by atomic mass is 32.2. The fraction of sp³-hybridized carbons (Fsp3) is 0.312. The van der Waals surface area contributed by atoms with Crippen LogP contribution in [0, 0.1) is 0 Å². The van der Waals surface area contributed by atoms with Crippen LogP contribution in [0.15, 0.2) is 47.5 Å². The van der Waals surface area contributed by atoms with E-state index in [9.17, 15) is 0 Å². The van der Waals surface area contributed by atoms with E-state index in [2.05, 4.69) is 54.4 Å². The first-order valence-electron chi connectivity index (χ1n) is 6.70. The van der Waals surface area contributed by atoms with Crippen LogP contribution in [-0.2, 0) is 5.75 Å². The molecule has 0 heterocycles. The van der Waals surface area contributed by atoms with Crippen LogP contribution in [0.1, 0.15) is 25.3 Å². The second-order valence-corrected chi connectivity index (χ2v) is 5.50. The van der Waals surface area contributed by atoms with Crippen LogP contribution in [0.3, 0.4) is 0 Å². The number of rotatable bonds is 5. The van der Waals surface area contributed by atoms with Gasteiger partial charge in [0, 0.05) is 12.3 Å². The summed E-state index contributed by atoms with van der Waals surface area (Å²) in [6, 6.07) is 14.9. The van der Waals surface area contributed by atoms with Gasteiger partial charge in [-0.05, 0) is 22.8 Å². The van der Waals surface area contributed by atoms with Crippen molar-refractivity contribution in [3.05, 3.63) is 48.0 Å². The number of benzene rings is 2. The standard InChI is InChI=1S/C16H20N2S/c1-2-3-11-18-16(17)19-12-14-9-6-8-13-7-4-5-10-15(13)14/h4-10H,2-3,11-12H2,1H3,(H2,17,18). The first-order valence-corrected chi connectivity index (χ1v) is 7.69. The minimum absolute atomic E-state index is 0.696. The number of hydrogen-bond donors (Lipinski definition) is 1. The Kier molecular flexibility index (Phi) is 5.28. The van der Waals surface area contributed by atoms with Crippen molar-refractivity contribution in [3.63, 3.8) is 0 Å². The molecule has 0 amide bonds. The first-order chi connectivity index (χ1) is 9.31. The fourth-order valence-electron chi connectivity index (χ4n) is 1.96. The quantitative estimate of drug-likeness (QED) is 0.503. The normalized spacial score (nSPS) is 11.9. The third-order valence-electron chi connectivity index (χ3n) is 3.03. The molecule has 0 saturated heterocycles. The molecule has 0 unspecified atom stereocenters. The van der Waals surface area contributed by atoms with Crippen molar-refractivity contribution in [2.24, 2.45) is 10.7 Å². The van der Waals surface area contributed by atoms with Crippen molar-refractivity contribution in [1.82, 2.24) is 0 Å². The van der Waals surface area contributed by atoms with E-state index >= 15 is 0 Å². The molecular formula is C16H20N2S. The lowest BCUT2D eigenvalue weighted by atomic mass is 10.1. The third-order valence-corrected chi connectivity index (χ3v) is 3.92. The Morgan fingerprint density at radius 3 is 2.79 bits per heavy atom. The Morgan fingerprint density at radius 2 is 1.95 bits per heavy atom. The topological polar surface area (TPSA) is 38.4 Å². The summed E-state index contributed by atoms with van der Waals surface area (Å²) >= 11 is 1.62. The van der Waals surface area contributed by atoms with Crippen LogP contribution >= 0.6 is 11.8 Å². The summed E-state index contributed by atoms with van der Waals surface area (Å²) in [7, 11) is 0. The van der Waals surface area contributed by atoms with Gasteiger partial charge < -0.3 is 5.73 Å². The highest BCUT2D eigenvalue weighted by Crippen LogP contribution is 2.22. The van der Waals surface area contributed by atoms with Crippen molar-refractivity contribution in [2.75, 3.05) is 6.54 Å². The number of unbranched alkanes of at least 4 members (excludes halogenated alkanes) is 1. The average Bonchev–Trinajstić information content (AvgIpc) is 2.45. The van der Waals surface area contributed by atoms with Crippen LogP contribution in [0.2, 0.25) is 0 Å². The van der Waals surface area contributed by atoms with Gasteiger partial charge in [0.15, 0.2) is 5.17 Å². The van der Waals surface area contributed by atoms with Crippen LogP contribution in [0.4, 0.5) is 0 Å². The number of thioether (sulfide) groups is 1. The van der Waals surface area contributed by atoms with Crippen LogP contribution in [-0.4, -0.2) is 11.7 Å². The summed E-state index contributed by atoms with van der Waals surface area (Å²) in [5.41, 5.74) is 7.24. The molecule has 2 aromatic rings. The summed E-state index contributed by atoms with van der Waals surface area (Å²) in [5, 5.41) is 3.28. The zero-order valence-electron chi connectivity index (χ0n) is 11.3. The summed E-state index contributed by atoms with van der Waals surface area (Å²) in [5.74, 6) is 0.878. The van der Waals surface area contributed by atoms with E-state index in [0.29, 0.717) is 5.17 Å². The van der Waals surface area contributed by atoms with Gasteiger partial charge in [0.1, 0.15) is 0 Å². The average molecular weight is 272 g/mol. The van der Waals surface area contributed by atoms with E-state index in [4.69, 9.17) is 5.73 Å². The van der Waals surface area contributed by atoms with Crippen molar-refractivity contribution >= 4 is 27.7 Å². The predicted molar refractivity (Wildman–Crippen MR) is 86.6 cm³/mol. The monoisotopic (exact) mass is 272 g/mol. The SMILES string of the molecule is CCCCN=C(N)SCc1cccc2ccccc12. The van der Waals surface area contributed by atoms with Gasteiger partial charge in [-0.25, -0.2) is 0 Å². The number of hydrogen-bond acceptors (Lipinski definition) is 2. The predicted octanol–water partition coefficient (Wildman–Crippen LogP) is 4.19. The maximum absolute atomic E-state index is 5.92. The smallest absolute Gasteiger partial charge is 0.154 e. The van der Waals surface area contributed by atoms with Crippen LogP contribution in [0.25, 0.3) is 10.8 Å². The Balaban J connectivity index is 2.04. The molecule has 0 saturated carbocycles. The van der Waals surface area contributed by atoms with E-state index in [1.807, 2.05) is 0 Å². The molecule has 0 fully saturated rings.